The van der Waals surface area contributed by atoms with Crippen molar-refractivity contribution in [2.75, 3.05) is 0 Å². The quantitative estimate of drug-likeness (QED) is 0.195. The van der Waals surface area contributed by atoms with Gasteiger partial charge in [0.15, 0.2) is 0 Å². The molecule has 0 atom stereocenters. The fourth-order valence-electron chi connectivity index (χ4n) is 5.52. The summed E-state index contributed by atoms with van der Waals surface area (Å²) in [5, 5.41) is 0. The topological polar surface area (TPSA) is 0 Å². The van der Waals surface area contributed by atoms with Crippen LogP contribution < -0.4 is 0 Å². The molecule has 0 heterocycles. The Morgan fingerprint density at radius 3 is 1.82 bits per heavy atom. The van der Waals surface area contributed by atoms with E-state index in [1.807, 2.05) is 0 Å². The zero-order chi connectivity index (χ0) is 22.9. The van der Waals surface area contributed by atoms with Crippen LogP contribution in [0.4, 0.5) is 0 Å². The van der Waals surface area contributed by atoms with Crippen LogP contribution in [-0.2, 0) is 40.1 Å². The van der Waals surface area contributed by atoms with Gasteiger partial charge in [0.2, 0.25) is 0 Å². The second-order valence-electron chi connectivity index (χ2n) is 8.86. The van der Waals surface area contributed by atoms with Crippen molar-refractivity contribution < 1.29 is 20.8 Å². The van der Waals surface area contributed by atoms with Crippen LogP contribution in [0.25, 0.3) is 22.3 Å². The number of benzene rings is 4. The molecule has 0 nitrogen and oxygen atoms in total. The fraction of sp³-hybridized carbons (Fsp3) is 0.167. The third kappa shape index (κ3) is 4.25. The van der Waals surface area contributed by atoms with Crippen molar-refractivity contribution in [3.8, 4) is 22.3 Å². The first kappa shape index (κ1) is 23.0. The predicted octanol–water partition coefficient (Wildman–Crippen LogP) is 8.62. The molecule has 6 rings (SSSR count). The van der Waals surface area contributed by atoms with Crippen molar-refractivity contribution in [1.82, 2.24) is 0 Å². The number of rotatable bonds is 3. The average molecular weight is 548 g/mol. The molecule has 0 spiro atoms. The van der Waals surface area contributed by atoms with Crippen LogP contribution in [0.5, 0.6) is 0 Å². The van der Waals surface area contributed by atoms with E-state index >= 15 is 0 Å². The average Bonchev–Trinajstić information content (AvgIpc) is 3.38. The number of halogens is 2. The Labute approximate surface area is 215 Å². The van der Waals surface area contributed by atoms with Crippen LogP contribution in [0.3, 0.4) is 0 Å². The molecule has 0 aromatic heterocycles. The van der Waals surface area contributed by atoms with E-state index in [2.05, 4.69) is 93.1 Å². The van der Waals surface area contributed by atoms with Gasteiger partial charge in [-0.3, -0.25) is 0 Å². The number of hydrogen-bond acceptors (Lipinski definition) is 0. The summed E-state index contributed by atoms with van der Waals surface area (Å²) in [5.41, 5.74) is 17.4. The number of fused-ring (bicyclic) bond motifs is 6. The molecule has 0 aliphatic heterocycles. The first-order chi connectivity index (χ1) is 16.1. The van der Waals surface area contributed by atoms with Gasteiger partial charge in [-0.25, -0.2) is 0 Å². The van der Waals surface area contributed by atoms with Crippen LogP contribution in [0.1, 0.15) is 44.5 Å². The van der Waals surface area contributed by atoms with E-state index in [-0.39, 0.29) is 0 Å². The van der Waals surface area contributed by atoms with E-state index in [0.29, 0.717) is 0 Å². The van der Waals surface area contributed by atoms with Crippen molar-refractivity contribution in [2.24, 2.45) is 0 Å². The minimum atomic E-state index is -0.826. The van der Waals surface area contributed by atoms with Gasteiger partial charge in [-0.2, -0.15) is 17.5 Å². The normalized spacial score (nSPS) is 12.1. The summed E-state index contributed by atoms with van der Waals surface area (Å²) in [6.45, 7) is 4.53. The van der Waals surface area contributed by atoms with Gasteiger partial charge < -0.3 is 0 Å². The van der Waals surface area contributed by atoms with Crippen LogP contribution in [0.2, 0.25) is 0 Å². The molecule has 0 saturated heterocycles. The maximum atomic E-state index is 4.93. The third-order valence-electron chi connectivity index (χ3n) is 7.10. The summed E-state index contributed by atoms with van der Waals surface area (Å²) >= 11 is -0.826. The Morgan fingerprint density at radius 1 is 0.667 bits per heavy atom. The standard InChI is InChI=1S/C30H25.2ClH.Zr/c1-19-11-13-27-25-9-5-3-7-21(25)17-29(27)23(19)15-16-24-20(2)12-14-28-26-10-6-4-8-22(26)18-30(24)28;;;/h3-15H,16-18H2,1-2H3;2*1H;/q-1;;;+2/p-2. The van der Waals surface area contributed by atoms with E-state index in [0.717, 1.165) is 19.3 Å². The van der Waals surface area contributed by atoms with Gasteiger partial charge in [-0.05, 0) is 64.3 Å². The van der Waals surface area contributed by atoms with E-state index in [9.17, 15) is 0 Å². The van der Waals surface area contributed by atoms with Crippen molar-refractivity contribution >= 4 is 17.0 Å². The molecule has 0 saturated carbocycles. The van der Waals surface area contributed by atoms with E-state index in [1.165, 1.54) is 66.8 Å². The van der Waals surface area contributed by atoms with Crippen molar-refractivity contribution in [1.29, 1.82) is 0 Å². The zero-order valence-corrected chi connectivity index (χ0v) is 22.9. The molecule has 0 fully saturated rings. The first-order valence-electron chi connectivity index (χ1n) is 11.3. The molecule has 0 N–H and O–H groups in total. The molecular formula is C30H25Cl2Zr-. The van der Waals surface area contributed by atoms with Crippen molar-refractivity contribution in [3.63, 3.8) is 0 Å². The van der Waals surface area contributed by atoms with Gasteiger partial charge in [-0.1, -0.05) is 85.6 Å². The zero-order valence-electron chi connectivity index (χ0n) is 18.9. The van der Waals surface area contributed by atoms with Crippen LogP contribution in [0.15, 0.2) is 72.8 Å². The molecule has 33 heavy (non-hydrogen) atoms. The summed E-state index contributed by atoms with van der Waals surface area (Å²) in [5.74, 6) is 0. The van der Waals surface area contributed by atoms with Gasteiger partial charge in [0, 0.05) is 0 Å². The van der Waals surface area contributed by atoms with E-state index < -0.39 is 20.8 Å². The minimum absolute atomic E-state index is 0.826. The Kier molecular flexibility index (Phi) is 6.85. The van der Waals surface area contributed by atoms with Gasteiger partial charge in [0.05, 0.1) is 0 Å². The second-order valence-corrected chi connectivity index (χ2v) is 12.6. The summed E-state index contributed by atoms with van der Waals surface area (Å²) in [7, 11) is 9.87. The van der Waals surface area contributed by atoms with Crippen molar-refractivity contribution in [2.45, 2.75) is 33.1 Å². The molecule has 4 aromatic carbocycles. The summed E-state index contributed by atoms with van der Waals surface area (Å²) in [4.78, 5) is 0. The SMILES string of the molecule is Cc1ccc2c(c1[CH-]Cc1c(C)ccc3c1Cc1ccccc1-3)Cc1ccccc1-2.[Cl][Zr][Cl]. The van der Waals surface area contributed by atoms with E-state index in [1.54, 1.807) is 0 Å². The molecule has 0 unspecified atom stereocenters. The molecule has 2 aliphatic carbocycles. The van der Waals surface area contributed by atoms with Crippen LogP contribution >= 0.6 is 17.0 Å². The molecule has 0 amide bonds. The van der Waals surface area contributed by atoms with Gasteiger partial charge in [-0.15, -0.1) is 11.6 Å². The Balaban J connectivity index is 0.000000724. The molecule has 0 radical (unpaired) electrons. The van der Waals surface area contributed by atoms with Crippen molar-refractivity contribution in [3.05, 3.63) is 124 Å². The molecule has 164 valence electrons. The third-order valence-corrected chi connectivity index (χ3v) is 7.10. The van der Waals surface area contributed by atoms with Gasteiger partial charge in [0.25, 0.3) is 0 Å². The molecular weight excluding hydrogens is 522 g/mol. The molecule has 2 aliphatic rings. The summed E-state index contributed by atoms with van der Waals surface area (Å²) in [6, 6.07) is 27.0. The molecule has 0 bridgehead atoms. The second kappa shape index (κ2) is 9.83. The summed E-state index contributed by atoms with van der Waals surface area (Å²) < 4.78 is 0. The Hall–Kier alpha value is -1.79. The van der Waals surface area contributed by atoms with Gasteiger partial charge in [0.1, 0.15) is 0 Å². The number of hydrogen-bond donors (Lipinski definition) is 0. The Bertz CT molecular complexity index is 1240. The number of aryl methyl sites for hydroxylation is 2. The molecule has 4 aromatic rings. The first-order valence-corrected chi connectivity index (χ1v) is 17.6. The Morgan fingerprint density at radius 2 is 1.18 bits per heavy atom. The predicted molar refractivity (Wildman–Crippen MR) is 138 cm³/mol. The summed E-state index contributed by atoms with van der Waals surface area (Å²) in [6.07, 6.45) is 5.60. The van der Waals surface area contributed by atoms with Crippen LogP contribution in [-0.4, -0.2) is 0 Å². The van der Waals surface area contributed by atoms with E-state index in [4.69, 9.17) is 17.0 Å². The maximum absolute atomic E-state index is 4.93. The van der Waals surface area contributed by atoms with Crippen LogP contribution in [0, 0.1) is 20.3 Å². The molecule has 3 heteroatoms. The fourth-order valence-corrected chi connectivity index (χ4v) is 5.52. The monoisotopic (exact) mass is 545 g/mol. The van der Waals surface area contributed by atoms with Gasteiger partial charge >= 0.3 is 37.9 Å².